The summed E-state index contributed by atoms with van der Waals surface area (Å²) in [6, 6.07) is 10.0. The summed E-state index contributed by atoms with van der Waals surface area (Å²) >= 11 is 4.94. The second-order valence-corrected chi connectivity index (χ2v) is 4.12. The van der Waals surface area contributed by atoms with E-state index in [-0.39, 0.29) is 6.04 Å². The molecule has 1 aromatic carbocycles. The zero-order valence-corrected chi connectivity index (χ0v) is 9.82. The zero-order valence-electron chi connectivity index (χ0n) is 9.00. The second kappa shape index (κ2) is 4.45. The Balaban J connectivity index is 2.30. The minimum absolute atomic E-state index is 0.0486. The van der Waals surface area contributed by atoms with Gasteiger partial charge in [-0.2, -0.15) is 5.10 Å². The first-order valence-corrected chi connectivity index (χ1v) is 5.48. The van der Waals surface area contributed by atoms with E-state index in [4.69, 9.17) is 18.0 Å². The Hall–Kier alpha value is -1.68. The van der Waals surface area contributed by atoms with Crippen molar-refractivity contribution in [2.45, 2.75) is 13.0 Å². The van der Waals surface area contributed by atoms with Crippen molar-refractivity contribution in [3.8, 4) is 11.1 Å². The van der Waals surface area contributed by atoms with Gasteiger partial charge in [0.15, 0.2) is 0 Å². The van der Waals surface area contributed by atoms with E-state index in [1.54, 1.807) is 4.68 Å². The largest absolute Gasteiger partial charge is 0.392 e. The first-order chi connectivity index (χ1) is 7.68. The van der Waals surface area contributed by atoms with Gasteiger partial charge in [0.1, 0.15) is 0 Å². The minimum Gasteiger partial charge on any atom is -0.392 e. The van der Waals surface area contributed by atoms with Crippen LogP contribution in [0.25, 0.3) is 11.1 Å². The molecule has 0 fully saturated rings. The van der Waals surface area contributed by atoms with Crippen LogP contribution in [-0.4, -0.2) is 14.8 Å². The Labute approximate surface area is 99.9 Å². The smallest absolute Gasteiger partial charge is 0.0989 e. The van der Waals surface area contributed by atoms with Gasteiger partial charge in [0.25, 0.3) is 0 Å². The van der Waals surface area contributed by atoms with E-state index in [1.807, 2.05) is 49.6 Å². The van der Waals surface area contributed by atoms with E-state index in [1.165, 1.54) is 0 Å². The van der Waals surface area contributed by atoms with Gasteiger partial charge in [-0.3, -0.25) is 4.68 Å². The molecule has 3 nitrogen and oxygen atoms in total. The van der Waals surface area contributed by atoms with Crippen LogP contribution in [0.4, 0.5) is 0 Å². The maximum Gasteiger partial charge on any atom is 0.0989 e. The lowest BCUT2D eigenvalue weighted by molar-refractivity contribution is 0.611. The molecular weight excluding hydrogens is 218 g/mol. The van der Waals surface area contributed by atoms with Gasteiger partial charge in [0.2, 0.25) is 0 Å². The Bertz CT molecular complexity index is 490. The average molecular weight is 231 g/mol. The fourth-order valence-corrected chi connectivity index (χ4v) is 1.57. The number of thiocarbonyl (C=S) groups is 1. The SMILES string of the molecule is CC(C(N)=S)n1cc(-c2ccccc2)cn1. The van der Waals surface area contributed by atoms with Gasteiger partial charge in [-0.15, -0.1) is 0 Å². The van der Waals surface area contributed by atoms with Crippen LogP contribution in [-0.2, 0) is 0 Å². The van der Waals surface area contributed by atoms with Crippen molar-refractivity contribution in [3.63, 3.8) is 0 Å². The second-order valence-electron chi connectivity index (χ2n) is 3.65. The molecule has 16 heavy (non-hydrogen) atoms. The molecule has 0 aliphatic rings. The number of benzene rings is 1. The molecule has 0 bridgehead atoms. The standard InChI is InChI=1S/C12H13N3S/c1-9(12(13)16)15-8-11(7-14-15)10-5-3-2-4-6-10/h2-9H,1H3,(H2,13,16). The lowest BCUT2D eigenvalue weighted by Crippen LogP contribution is -2.22. The molecule has 0 spiro atoms. The third-order valence-electron chi connectivity index (χ3n) is 2.52. The van der Waals surface area contributed by atoms with Crippen LogP contribution in [0.1, 0.15) is 13.0 Å². The molecule has 1 atom stereocenters. The molecular formula is C12H13N3S. The molecule has 1 heterocycles. The fourth-order valence-electron chi connectivity index (χ4n) is 1.46. The van der Waals surface area contributed by atoms with Gasteiger partial charge in [-0.05, 0) is 12.5 Å². The molecule has 0 radical (unpaired) electrons. The molecule has 2 rings (SSSR count). The van der Waals surface area contributed by atoms with Gasteiger partial charge in [-0.1, -0.05) is 42.5 Å². The molecule has 0 aliphatic carbocycles. The minimum atomic E-state index is -0.0486. The first kappa shape index (κ1) is 10.8. The van der Waals surface area contributed by atoms with Crippen LogP contribution in [0.5, 0.6) is 0 Å². The van der Waals surface area contributed by atoms with E-state index in [9.17, 15) is 0 Å². The van der Waals surface area contributed by atoms with Crippen molar-refractivity contribution >= 4 is 17.2 Å². The summed E-state index contributed by atoms with van der Waals surface area (Å²) in [6.45, 7) is 1.93. The number of rotatable bonds is 3. The van der Waals surface area contributed by atoms with Crippen molar-refractivity contribution in [3.05, 3.63) is 42.7 Å². The van der Waals surface area contributed by atoms with Gasteiger partial charge in [0, 0.05) is 11.8 Å². The number of nitrogens with two attached hydrogens (primary N) is 1. The van der Waals surface area contributed by atoms with Gasteiger partial charge >= 0.3 is 0 Å². The fraction of sp³-hybridized carbons (Fsp3) is 0.167. The summed E-state index contributed by atoms with van der Waals surface area (Å²) < 4.78 is 1.78. The monoisotopic (exact) mass is 231 g/mol. The van der Waals surface area contributed by atoms with Crippen molar-refractivity contribution < 1.29 is 0 Å². The molecule has 0 saturated carbocycles. The highest BCUT2D eigenvalue weighted by molar-refractivity contribution is 7.80. The highest BCUT2D eigenvalue weighted by atomic mass is 32.1. The maximum atomic E-state index is 5.59. The molecule has 82 valence electrons. The van der Waals surface area contributed by atoms with Crippen molar-refractivity contribution in [2.24, 2.45) is 5.73 Å². The Morgan fingerprint density at radius 3 is 2.62 bits per heavy atom. The summed E-state index contributed by atoms with van der Waals surface area (Å²) in [4.78, 5) is 0.447. The number of hydrogen-bond donors (Lipinski definition) is 1. The highest BCUT2D eigenvalue weighted by Gasteiger charge is 2.09. The van der Waals surface area contributed by atoms with E-state index < -0.39 is 0 Å². The van der Waals surface area contributed by atoms with Crippen LogP contribution >= 0.6 is 12.2 Å². The van der Waals surface area contributed by atoms with Crippen molar-refractivity contribution in [1.82, 2.24) is 9.78 Å². The van der Waals surface area contributed by atoms with Crippen LogP contribution in [0.15, 0.2) is 42.7 Å². The van der Waals surface area contributed by atoms with Gasteiger partial charge in [0.05, 0.1) is 17.2 Å². The molecule has 1 unspecified atom stereocenters. The molecule has 2 aromatic rings. The molecule has 0 saturated heterocycles. The summed E-state index contributed by atoms with van der Waals surface area (Å²) in [5.74, 6) is 0. The Kier molecular flexibility index (Phi) is 3.01. The van der Waals surface area contributed by atoms with E-state index in [2.05, 4.69) is 5.10 Å². The summed E-state index contributed by atoms with van der Waals surface area (Å²) in [5, 5.41) is 4.26. The summed E-state index contributed by atoms with van der Waals surface area (Å²) in [7, 11) is 0. The van der Waals surface area contributed by atoms with Crippen LogP contribution < -0.4 is 5.73 Å². The van der Waals surface area contributed by atoms with Crippen molar-refractivity contribution in [1.29, 1.82) is 0 Å². The Morgan fingerprint density at radius 2 is 2.00 bits per heavy atom. The molecule has 2 N–H and O–H groups in total. The van der Waals surface area contributed by atoms with Gasteiger partial charge < -0.3 is 5.73 Å². The predicted molar refractivity (Wildman–Crippen MR) is 69.2 cm³/mol. The third-order valence-corrected chi connectivity index (χ3v) is 2.86. The van der Waals surface area contributed by atoms with Crippen molar-refractivity contribution in [2.75, 3.05) is 0 Å². The van der Waals surface area contributed by atoms with Crippen LogP contribution in [0, 0.1) is 0 Å². The quantitative estimate of drug-likeness (QED) is 0.825. The lowest BCUT2D eigenvalue weighted by atomic mass is 10.1. The topological polar surface area (TPSA) is 43.8 Å². The van der Waals surface area contributed by atoms with E-state index >= 15 is 0 Å². The average Bonchev–Trinajstić information content (AvgIpc) is 2.78. The molecule has 0 aliphatic heterocycles. The molecule has 1 aromatic heterocycles. The lowest BCUT2D eigenvalue weighted by Gasteiger charge is -2.08. The van der Waals surface area contributed by atoms with E-state index in [0.717, 1.165) is 11.1 Å². The van der Waals surface area contributed by atoms with E-state index in [0.29, 0.717) is 4.99 Å². The predicted octanol–water partition coefficient (Wildman–Crippen LogP) is 2.40. The van der Waals surface area contributed by atoms with Crippen LogP contribution in [0.3, 0.4) is 0 Å². The molecule has 0 amide bonds. The Morgan fingerprint density at radius 1 is 1.31 bits per heavy atom. The van der Waals surface area contributed by atoms with Crippen LogP contribution in [0.2, 0.25) is 0 Å². The van der Waals surface area contributed by atoms with Gasteiger partial charge in [-0.25, -0.2) is 0 Å². The highest BCUT2D eigenvalue weighted by Crippen LogP contribution is 2.19. The summed E-state index contributed by atoms with van der Waals surface area (Å²) in [5.41, 5.74) is 7.80. The number of hydrogen-bond acceptors (Lipinski definition) is 2. The summed E-state index contributed by atoms with van der Waals surface area (Å²) in [6.07, 6.45) is 3.78. The normalized spacial score (nSPS) is 12.3. The third kappa shape index (κ3) is 2.12. The zero-order chi connectivity index (χ0) is 11.5. The molecule has 4 heteroatoms. The first-order valence-electron chi connectivity index (χ1n) is 5.07. The maximum absolute atomic E-state index is 5.59. The number of nitrogens with zero attached hydrogens (tertiary/aromatic N) is 2. The number of aromatic nitrogens is 2.